The number of nitrogens with zero attached hydrogens (tertiary/aromatic N) is 1. The summed E-state index contributed by atoms with van der Waals surface area (Å²) >= 11 is 1.37. The molecule has 1 radical (unpaired) electrons. The minimum Gasteiger partial charge on any atom is -0.292 e. The summed E-state index contributed by atoms with van der Waals surface area (Å²) in [5, 5.41) is 0.493. The van der Waals surface area contributed by atoms with E-state index in [2.05, 4.69) is 11.9 Å². The Hall–Kier alpha value is -0.700. The van der Waals surface area contributed by atoms with Gasteiger partial charge < -0.3 is 0 Å². The second-order valence-electron chi connectivity index (χ2n) is 1.70. The van der Waals surface area contributed by atoms with Gasteiger partial charge in [-0.1, -0.05) is 0 Å². The number of rotatable bonds is 1. The van der Waals surface area contributed by atoms with Gasteiger partial charge >= 0.3 is 0 Å². The van der Waals surface area contributed by atoms with E-state index in [1.165, 1.54) is 11.3 Å². The third kappa shape index (κ3) is 1.36. The van der Waals surface area contributed by atoms with E-state index in [1.807, 2.05) is 6.92 Å². The molecule has 0 aliphatic heterocycles. The number of aromatic nitrogens is 1. The lowest BCUT2D eigenvalue weighted by molar-refractivity contribution is 0.104. The fraction of sp³-hybridized carbons (Fsp3) is 0.167. The Morgan fingerprint density at radius 3 is 2.78 bits per heavy atom. The Balaban J connectivity index is 2.98. The average molecular weight is 140 g/mol. The highest BCUT2D eigenvalue weighted by Gasteiger charge is 2.01. The number of thiazole rings is 1. The van der Waals surface area contributed by atoms with E-state index in [4.69, 9.17) is 0 Å². The maximum atomic E-state index is 10.5. The molecule has 0 spiro atoms. The van der Waals surface area contributed by atoms with Gasteiger partial charge in [0.2, 0.25) is 0 Å². The molecule has 2 nitrogen and oxygen atoms in total. The summed E-state index contributed by atoms with van der Waals surface area (Å²) in [6.07, 6.45) is 1.67. The van der Waals surface area contributed by atoms with Crippen LogP contribution in [-0.2, 0) is 0 Å². The van der Waals surface area contributed by atoms with Crippen molar-refractivity contribution >= 4 is 17.1 Å². The lowest BCUT2D eigenvalue weighted by Crippen LogP contribution is -1.87. The molecule has 0 bridgehead atoms. The van der Waals surface area contributed by atoms with Gasteiger partial charge in [-0.2, -0.15) is 0 Å². The van der Waals surface area contributed by atoms with Crippen LogP contribution in [-0.4, -0.2) is 10.8 Å². The maximum absolute atomic E-state index is 10.5. The lowest BCUT2D eigenvalue weighted by Gasteiger charge is -1.78. The number of ketones is 1. The van der Waals surface area contributed by atoms with Crippen LogP contribution >= 0.6 is 11.3 Å². The van der Waals surface area contributed by atoms with E-state index in [0.29, 0.717) is 5.01 Å². The highest BCUT2D eigenvalue weighted by molar-refractivity contribution is 7.13. The molecule has 0 aromatic carbocycles. The highest BCUT2D eigenvalue weighted by atomic mass is 32.1. The molecule has 47 valence electrons. The van der Waals surface area contributed by atoms with Crippen LogP contribution in [0, 0.1) is 13.8 Å². The minimum atomic E-state index is -0.201. The molecule has 0 saturated heterocycles. The molecule has 1 aromatic heterocycles. The first kappa shape index (κ1) is 6.42. The number of Topliss-reactive ketones (excluding diaryl/α,β-unsaturated/α-hetero) is 1. The summed E-state index contributed by atoms with van der Waals surface area (Å²) in [6, 6.07) is 0. The lowest BCUT2D eigenvalue weighted by atomic mass is 10.5. The fourth-order valence-corrected chi connectivity index (χ4v) is 1.11. The first-order valence-corrected chi connectivity index (χ1v) is 3.30. The number of carbonyl (C=O) groups is 1. The van der Waals surface area contributed by atoms with Crippen molar-refractivity contribution in [2.45, 2.75) is 6.92 Å². The molecule has 1 aromatic rings. The molecule has 0 atom stereocenters. The molecule has 9 heavy (non-hydrogen) atoms. The zero-order valence-electron chi connectivity index (χ0n) is 5.05. The van der Waals surface area contributed by atoms with Gasteiger partial charge in [0, 0.05) is 18.0 Å². The van der Waals surface area contributed by atoms with Crippen LogP contribution in [0.4, 0.5) is 0 Å². The summed E-state index contributed by atoms with van der Waals surface area (Å²) in [7, 11) is 0. The SMILES string of the molecule is [CH2]C(=O)c1ncc(C)s1. The first-order valence-electron chi connectivity index (χ1n) is 2.49. The molecular formula is C6H6NOS. The molecule has 3 heteroatoms. The highest BCUT2D eigenvalue weighted by Crippen LogP contribution is 2.10. The van der Waals surface area contributed by atoms with E-state index < -0.39 is 0 Å². The molecule has 0 amide bonds. The smallest absolute Gasteiger partial charge is 0.191 e. The molecule has 0 aliphatic carbocycles. The molecule has 0 saturated carbocycles. The quantitative estimate of drug-likeness (QED) is 0.553. The van der Waals surface area contributed by atoms with Crippen molar-refractivity contribution in [3.05, 3.63) is 23.0 Å². The molecular weight excluding hydrogens is 134 g/mol. The van der Waals surface area contributed by atoms with Crippen molar-refractivity contribution in [2.75, 3.05) is 0 Å². The second kappa shape index (κ2) is 2.27. The van der Waals surface area contributed by atoms with Crippen LogP contribution in [0.2, 0.25) is 0 Å². The summed E-state index contributed by atoms with van der Waals surface area (Å²) < 4.78 is 0. The maximum Gasteiger partial charge on any atom is 0.191 e. The molecule has 0 aliphatic rings. The van der Waals surface area contributed by atoms with Crippen LogP contribution in [0.25, 0.3) is 0 Å². The number of hydrogen-bond acceptors (Lipinski definition) is 3. The van der Waals surface area contributed by atoms with Crippen molar-refractivity contribution in [2.24, 2.45) is 0 Å². The Morgan fingerprint density at radius 1 is 1.89 bits per heavy atom. The predicted octanol–water partition coefficient (Wildman–Crippen LogP) is 1.47. The minimum absolute atomic E-state index is 0.201. The van der Waals surface area contributed by atoms with Crippen LogP contribution in [0.1, 0.15) is 14.7 Å². The molecule has 1 heterocycles. The summed E-state index contributed by atoms with van der Waals surface area (Å²) in [5.41, 5.74) is 0. The van der Waals surface area contributed by atoms with Gasteiger partial charge in [-0.05, 0) is 6.92 Å². The van der Waals surface area contributed by atoms with Crippen molar-refractivity contribution < 1.29 is 4.79 Å². The first-order chi connectivity index (χ1) is 4.20. The monoisotopic (exact) mass is 140 g/mol. The van der Waals surface area contributed by atoms with Crippen molar-refractivity contribution in [1.82, 2.24) is 4.98 Å². The molecule has 1 rings (SSSR count). The van der Waals surface area contributed by atoms with E-state index in [9.17, 15) is 4.79 Å². The average Bonchev–Trinajstić information content (AvgIpc) is 2.14. The molecule has 0 fully saturated rings. The van der Waals surface area contributed by atoms with Crippen LogP contribution in [0.3, 0.4) is 0 Å². The standard InChI is InChI=1S/C6H6NOS/c1-4-3-7-6(9-4)5(2)8/h3H,2H2,1H3. The number of hydrogen-bond donors (Lipinski definition) is 0. The molecule has 0 unspecified atom stereocenters. The van der Waals surface area contributed by atoms with Crippen LogP contribution in [0.15, 0.2) is 6.20 Å². The second-order valence-corrected chi connectivity index (χ2v) is 2.93. The van der Waals surface area contributed by atoms with Gasteiger partial charge in [-0.3, -0.25) is 4.79 Å². The Bertz CT molecular complexity index is 229. The van der Waals surface area contributed by atoms with Gasteiger partial charge in [-0.25, -0.2) is 4.98 Å². The van der Waals surface area contributed by atoms with Crippen LogP contribution in [0.5, 0.6) is 0 Å². The van der Waals surface area contributed by atoms with Crippen molar-refractivity contribution in [3.8, 4) is 0 Å². The predicted molar refractivity (Wildman–Crippen MR) is 36.5 cm³/mol. The topological polar surface area (TPSA) is 30.0 Å². The Kier molecular flexibility index (Phi) is 1.62. The summed E-state index contributed by atoms with van der Waals surface area (Å²) in [4.78, 5) is 15.4. The third-order valence-corrected chi connectivity index (χ3v) is 1.81. The third-order valence-electron chi connectivity index (χ3n) is 0.860. The summed E-state index contributed by atoms with van der Waals surface area (Å²) in [6.45, 7) is 5.14. The largest absolute Gasteiger partial charge is 0.292 e. The molecule has 0 N–H and O–H groups in total. The zero-order valence-corrected chi connectivity index (χ0v) is 5.86. The van der Waals surface area contributed by atoms with Gasteiger partial charge in [0.25, 0.3) is 0 Å². The normalized spacial score (nSPS) is 9.56. The van der Waals surface area contributed by atoms with Crippen molar-refractivity contribution in [3.63, 3.8) is 0 Å². The van der Waals surface area contributed by atoms with E-state index in [-0.39, 0.29) is 5.78 Å². The van der Waals surface area contributed by atoms with E-state index in [1.54, 1.807) is 6.20 Å². The fourth-order valence-electron chi connectivity index (χ4n) is 0.484. The Labute approximate surface area is 57.5 Å². The van der Waals surface area contributed by atoms with Gasteiger partial charge in [-0.15, -0.1) is 11.3 Å². The Morgan fingerprint density at radius 2 is 2.56 bits per heavy atom. The zero-order chi connectivity index (χ0) is 6.85. The van der Waals surface area contributed by atoms with E-state index >= 15 is 0 Å². The van der Waals surface area contributed by atoms with Gasteiger partial charge in [0.15, 0.2) is 10.8 Å². The van der Waals surface area contributed by atoms with Crippen LogP contribution < -0.4 is 0 Å². The van der Waals surface area contributed by atoms with E-state index in [0.717, 1.165) is 4.88 Å². The number of aryl methyl sites for hydroxylation is 1. The summed E-state index contributed by atoms with van der Waals surface area (Å²) in [5.74, 6) is -0.201. The number of carbonyl (C=O) groups excluding carboxylic acids is 1. The van der Waals surface area contributed by atoms with Gasteiger partial charge in [0.05, 0.1) is 0 Å². The van der Waals surface area contributed by atoms with Gasteiger partial charge in [0.1, 0.15) is 0 Å². The van der Waals surface area contributed by atoms with Crippen molar-refractivity contribution in [1.29, 1.82) is 0 Å².